The Hall–Kier alpha value is -1.86. The molecule has 112 valence electrons. The Morgan fingerprint density at radius 1 is 1.45 bits per heavy atom. The van der Waals surface area contributed by atoms with Gasteiger partial charge in [0.25, 0.3) is 0 Å². The van der Waals surface area contributed by atoms with Gasteiger partial charge in [-0.25, -0.2) is 0 Å². The summed E-state index contributed by atoms with van der Waals surface area (Å²) >= 11 is 0. The van der Waals surface area contributed by atoms with Crippen molar-refractivity contribution in [1.29, 1.82) is 0 Å². The third-order valence-electron chi connectivity index (χ3n) is 2.56. The summed E-state index contributed by atoms with van der Waals surface area (Å²) in [5, 5.41) is 23.7. The average Bonchev–Trinajstić information content (AvgIpc) is 2.42. The highest BCUT2D eigenvalue weighted by Gasteiger charge is 2.17. The number of benzene rings is 1. The zero-order chi connectivity index (χ0) is 15.1. The SMILES string of the molecule is COc1ccc([N+](=O)[O-])c(OCC(O)CNC(C)C)c1. The van der Waals surface area contributed by atoms with Gasteiger partial charge in [0.15, 0.2) is 0 Å². The van der Waals surface area contributed by atoms with E-state index in [0.29, 0.717) is 12.3 Å². The first-order valence-electron chi connectivity index (χ1n) is 6.30. The standard InChI is InChI=1S/C13H20N2O5/c1-9(2)14-7-10(16)8-20-13-6-11(19-3)4-5-12(13)15(17)18/h4-6,9-10,14,16H,7-8H2,1-3H3. The first kappa shape index (κ1) is 16.2. The van der Waals surface area contributed by atoms with Crippen LogP contribution in [0.5, 0.6) is 11.5 Å². The fourth-order valence-corrected chi connectivity index (χ4v) is 1.50. The van der Waals surface area contributed by atoms with Gasteiger partial charge in [-0.05, 0) is 6.07 Å². The van der Waals surface area contributed by atoms with Crippen LogP contribution in [0.2, 0.25) is 0 Å². The molecule has 1 atom stereocenters. The van der Waals surface area contributed by atoms with Gasteiger partial charge in [-0.3, -0.25) is 10.1 Å². The molecule has 1 aromatic carbocycles. The molecule has 0 fully saturated rings. The molecule has 20 heavy (non-hydrogen) atoms. The monoisotopic (exact) mass is 284 g/mol. The van der Waals surface area contributed by atoms with Crippen LogP contribution in [0.3, 0.4) is 0 Å². The minimum atomic E-state index is -0.747. The molecule has 0 aliphatic rings. The lowest BCUT2D eigenvalue weighted by atomic mass is 10.2. The minimum Gasteiger partial charge on any atom is -0.497 e. The summed E-state index contributed by atoms with van der Waals surface area (Å²) < 4.78 is 10.3. The van der Waals surface area contributed by atoms with Crippen molar-refractivity contribution in [2.45, 2.75) is 26.0 Å². The van der Waals surface area contributed by atoms with Crippen molar-refractivity contribution >= 4 is 5.69 Å². The van der Waals surface area contributed by atoms with Crippen molar-refractivity contribution in [2.75, 3.05) is 20.3 Å². The van der Waals surface area contributed by atoms with E-state index < -0.39 is 11.0 Å². The van der Waals surface area contributed by atoms with E-state index in [4.69, 9.17) is 9.47 Å². The Kier molecular flexibility index (Phi) is 6.20. The fraction of sp³-hybridized carbons (Fsp3) is 0.538. The lowest BCUT2D eigenvalue weighted by Crippen LogP contribution is -2.35. The van der Waals surface area contributed by atoms with E-state index in [2.05, 4.69) is 5.32 Å². The second-order valence-electron chi connectivity index (χ2n) is 4.62. The van der Waals surface area contributed by atoms with Crippen molar-refractivity contribution in [1.82, 2.24) is 5.32 Å². The van der Waals surface area contributed by atoms with Crippen molar-refractivity contribution in [3.63, 3.8) is 0 Å². The molecule has 0 spiro atoms. The van der Waals surface area contributed by atoms with Crippen molar-refractivity contribution < 1.29 is 19.5 Å². The number of nitro benzene ring substituents is 1. The van der Waals surface area contributed by atoms with Gasteiger partial charge in [0.2, 0.25) is 5.75 Å². The molecule has 2 N–H and O–H groups in total. The number of nitrogens with zero attached hydrogens (tertiary/aromatic N) is 1. The quantitative estimate of drug-likeness (QED) is 0.552. The van der Waals surface area contributed by atoms with E-state index in [0.717, 1.165) is 0 Å². The molecule has 0 radical (unpaired) electrons. The second kappa shape index (κ2) is 7.66. The Morgan fingerprint density at radius 3 is 2.70 bits per heavy atom. The third kappa shape index (κ3) is 5.02. The van der Waals surface area contributed by atoms with Gasteiger partial charge in [-0.1, -0.05) is 13.8 Å². The van der Waals surface area contributed by atoms with E-state index in [1.165, 1.54) is 25.3 Å². The van der Waals surface area contributed by atoms with Crippen LogP contribution >= 0.6 is 0 Å². The summed E-state index contributed by atoms with van der Waals surface area (Å²) in [5.74, 6) is 0.540. The summed E-state index contributed by atoms with van der Waals surface area (Å²) in [6.45, 7) is 4.24. The molecular formula is C13H20N2O5. The average molecular weight is 284 g/mol. The Balaban J connectivity index is 2.67. The van der Waals surface area contributed by atoms with Gasteiger partial charge in [-0.2, -0.15) is 0 Å². The molecule has 1 aromatic rings. The normalized spacial score (nSPS) is 12.2. The number of hydrogen-bond donors (Lipinski definition) is 2. The van der Waals surface area contributed by atoms with Crippen LogP contribution in [0.25, 0.3) is 0 Å². The van der Waals surface area contributed by atoms with E-state index in [9.17, 15) is 15.2 Å². The number of nitro groups is 1. The van der Waals surface area contributed by atoms with Gasteiger partial charge in [0.1, 0.15) is 18.5 Å². The first-order chi connectivity index (χ1) is 9.43. The molecule has 0 saturated heterocycles. The highest BCUT2D eigenvalue weighted by molar-refractivity contribution is 5.50. The molecule has 1 unspecified atom stereocenters. The topological polar surface area (TPSA) is 93.9 Å². The lowest BCUT2D eigenvalue weighted by Gasteiger charge is -2.15. The lowest BCUT2D eigenvalue weighted by molar-refractivity contribution is -0.385. The van der Waals surface area contributed by atoms with Gasteiger partial charge >= 0.3 is 5.69 Å². The number of aliphatic hydroxyl groups excluding tert-OH is 1. The summed E-state index contributed by atoms with van der Waals surface area (Å²) in [7, 11) is 1.46. The zero-order valence-electron chi connectivity index (χ0n) is 11.8. The van der Waals surface area contributed by atoms with Crippen molar-refractivity contribution in [3.8, 4) is 11.5 Å². The number of rotatable bonds is 8. The molecule has 0 heterocycles. The Bertz CT molecular complexity index is 450. The van der Waals surface area contributed by atoms with Crippen LogP contribution in [-0.2, 0) is 0 Å². The summed E-state index contributed by atoms with van der Waals surface area (Å²) in [6, 6.07) is 4.48. The molecule has 1 rings (SSSR count). The third-order valence-corrected chi connectivity index (χ3v) is 2.56. The second-order valence-corrected chi connectivity index (χ2v) is 4.62. The van der Waals surface area contributed by atoms with Crippen LogP contribution < -0.4 is 14.8 Å². The molecule has 0 aromatic heterocycles. The minimum absolute atomic E-state index is 0.0340. The zero-order valence-corrected chi connectivity index (χ0v) is 11.8. The largest absolute Gasteiger partial charge is 0.497 e. The maximum atomic E-state index is 10.9. The summed E-state index contributed by atoms with van der Waals surface area (Å²) in [5.41, 5.74) is -0.158. The molecule has 0 amide bonds. The number of methoxy groups -OCH3 is 1. The number of ether oxygens (including phenoxy) is 2. The highest BCUT2D eigenvalue weighted by atomic mass is 16.6. The van der Waals surface area contributed by atoms with E-state index in [1.807, 2.05) is 13.8 Å². The van der Waals surface area contributed by atoms with Crippen LogP contribution in [0.15, 0.2) is 18.2 Å². The van der Waals surface area contributed by atoms with Crippen LogP contribution in [0.4, 0.5) is 5.69 Å². The molecular weight excluding hydrogens is 264 g/mol. The Labute approximate surface area is 117 Å². The smallest absolute Gasteiger partial charge is 0.311 e. The van der Waals surface area contributed by atoms with E-state index in [-0.39, 0.29) is 24.1 Å². The molecule has 0 aliphatic heterocycles. The Morgan fingerprint density at radius 2 is 2.15 bits per heavy atom. The number of hydrogen-bond acceptors (Lipinski definition) is 6. The first-order valence-corrected chi connectivity index (χ1v) is 6.30. The van der Waals surface area contributed by atoms with Crippen LogP contribution in [0, 0.1) is 10.1 Å². The molecule has 0 aliphatic carbocycles. The molecule has 7 nitrogen and oxygen atoms in total. The van der Waals surface area contributed by atoms with E-state index >= 15 is 0 Å². The van der Waals surface area contributed by atoms with Gasteiger partial charge in [0.05, 0.1) is 12.0 Å². The fourth-order valence-electron chi connectivity index (χ4n) is 1.50. The van der Waals surface area contributed by atoms with Crippen LogP contribution in [-0.4, -0.2) is 42.4 Å². The number of nitrogens with one attached hydrogen (secondary N) is 1. The predicted molar refractivity (Wildman–Crippen MR) is 74.3 cm³/mol. The molecule has 7 heteroatoms. The van der Waals surface area contributed by atoms with Crippen LogP contribution in [0.1, 0.15) is 13.8 Å². The van der Waals surface area contributed by atoms with Gasteiger partial charge < -0.3 is 19.9 Å². The number of aliphatic hydroxyl groups is 1. The predicted octanol–water partition coefficient (Wildman–Crippen LogP) is 1.34. The van der Waals surface area contributed by atoms with Gasteiger partial charge in [-0.15, -0.1) is 0 Å². The van der Waals surface area contributed by atoms with E-state index in [1.54, 1.807) is 0 Å². The van der Waals surface area contributed by atoms with Crippen molar-refractivity contribution in [2.24, 2.45) is 0 Å². The summed E-state index contributed by atoms with van der Waals surface area (Å²) in [4.78, 5) is 10.4. The maximum Gasteiger partial charge on any atom is 0.311 e. The van der Waals surface area contributed by atoms with Crippen molar-refractivity contribution in [3.05, 3.63) is 28.3 Å². The molecule has 0 saturated carbocycles. The van der Waals surface area contributed by atoms with Gasteiger partial charge in [0, 0.05) is 24.7 Å². The molecule has 0 bridgehead atoms. The highest BCUT2D eigenvalue weighted by Crippen LogP contribution is 2.31. The maximum absolute atomic E-state index is 10.9. The summed E-state index contributed by atoms with van der Waals surface area (Å²) in [6.07, 6.45) is -0.747.